The lowest BCUT2D eigenvalue weighted by Crippen LogP contribution is -2.17. The number of hydrogen-bond acceptors (Lipinski definition) is 5. The molecule has 0 aliphatic carbocycles. The van der Waals surface area contributed by atoms with Crippen molar-refractivity contribution in [3.63, 3.8) is 0 Å². The normalized spacial score (nSPS) is 10.9. The van der Waals surface area contributed by atoms with E-state index in [1.807, 2.05) is 0 Å². The van der Waals surface area contributed by atoms with E-state index in [4.69, 9.17) is 16.0 Å². The number of hydrogen-bond donors (Lipinski definition) is 1. The van der Waals surface area contributed by atoms with E-state index in [1.165, 1.54) is 36.5 Å². The SMILES string of the molecule is O=C(N/N=C\c1ccc(-c2ccc(Cl)cc2[N+](=O)[O-])o1)c1ccc(F)cc1. The van der Waals surface area contributed by atoms with Gasteiger partial charge in [-0.05, 0) is 48.5 Å². The third-order valence-electron chi connectivity index (χ3n) is 3.51. The van der Waals surface area contributed by atoms with Crippen molar-refractivity contribution in [2.24, 2.45) is 5.10 Å². The van der Waals surface area contributed by atoms with Gasteiger partial charge in [-0.3, -0.25) is 14.9 Å². The number of carbonyl (C=O) groups is 1. The van der Waals surface area contributed by atoms with Gasteiger partial charge in [0.15, 0.2) is 0 Å². The Kier molecular flexibility index (Phi) is 5.28. The molecule has 0 fully saturated rings. The molecule has 3 rings (SSSR count). The fraction of sp³-hybridized carbons (Fsp3) is 0. The summed E-state index contributed by atoms with van der Waals surface area (Å²) in [6.07, 6.45) is 1.24. The molecule has 0 saturated heterocycles. The molecule has 3 aromatic rings. The highest BCUT2D eigenvalue weighted by atomic mass is 35.5. The van der Waals surface area contributed by atoms with E-state index in [-0.39, 0.29) is 33.4 Å². The Morgan fingerprint density at radius 3 is 2.63 bits per heavy atom. The maximum absolute atomic E-state index is 12.8. The Bertz CT molecular complexity index is 1030. The molecular formula is C18H11ClFN3O4. The Hall–Kier alpha value is -3.52. The van der Waals surface area contributed by atoms with Gasteiger partial charge in [0.25, 0.3) is 11.6 Å². The minimum atomic E-state index is -0.555. The van der Waals surface area contributed by atoms with Crippen molar-refractivity contribution in [2.75, 3.05) is 0 Å². The van der Waals surface area contributed by atoms with Gasteiger partial charge in [-0.1, -0.05) is 11.6 Å². The monoisotopic (exact) mass is 387 g/mol. The highest BCUT2D eigenvalue weighted by Gasteiger charge is 2.18. The Morgan fingerprint density at radius 1 is 1.19 bits per heavy atom. The van der Waals surface area contributed by atoms with Crippen LogP contribution in [-0.4, -0.2) is 17.0 Å². The molecule has 0 saturated carbocycles. The quantitative estimate of drug-likeness (QED) is 0.398. The van der Waals surface area contributed by atoms with Gasteiger partial charge in [-0.2, -0.15) is 5.10 Å². The van der Waals surface area contributed by atoms with Crippen molar-refractivity contribution in [3.05, 3.63) is 86.9 Å². The average molecular weight is 388 g/mol. The maximum atomic E-state index is 12.8. The highest BCUT2D eigenvalue weighted by molar-refractivity contribution is 6.30. The lowest BCUT2D eigenvalue weighted by atomic mass is 10.1. The van der Waals surface area contributed by atoms with E-state index in [9.17, 15) is 19.3 Å². The number of nitro groups is 1. The van der Waals surface area contributed by atoms with E-state index in [0.717, 1.165) is 12.1 Å². The van der Waals surface area contributed by atoms with Crippen LogP contribution in [0.15, 0.2) is 64.1 Å². The van der Waals surface area contributed by atoms with Crippen molar-refractivity contribution < 1.29 is 18.5 Å². The molecule has 136 valence electrons. The molecule has 2 aromatic carbocycles. The van der Waals surface area contributed by atoms with Crippen molar-refractivity contribution in [3.8, 4) is 11.3 Å². The van der Waals surface area contributed by atoms with E-state index in [2.05, 4.69) is 10.5 Å². The van der Waals surface area contributed by atoms with Gasteiger partial charge in [0.2, 0.25) is 0 Å². The Morgan fingerprint density at radius 2 is 1.93 bits per heavy atom. The zero-order chi connectivity index (χ0) is 19.4. The summed E-state index contributed by atoms with van der Waals surface area (Å²) in [7, 11) is 0. The van der Waals surface area contributed by atoms with Crippen molar-refractivity contribution in [1.29, 1.82) is 0 Å². The summed E-state index contributed by atoms with van der Waals surface area (Å²) in [5.41, 5.74) is 2.59. The van der Waals surface area contributed by atoms with Crippen LogP contribution in [0.5, 0.6) is 0 Å². The second kappa shape index (κ2) is 7.79. The van der Waals surface area contributed by atoms with Crippen molar-refractivity contribution in [1.82, 2.24) is 5.43 Å². The first-order valence-corrected chi connectivity index (χ1v) is 7.95. The first-order chi connectivity index (χ1) is 12.9. The second-order valence-electron chi connectivity index (χ2n) is 5.33. The molecule has 7 nitrogen and oxygen atoms in total. The molecule has 0 radical (unpaired) electrons. The largest absolute Gasteiger partial charge is 0.455 e. The molecule has 0 bridgehead atoms. The average Bonchev–Trinajstić information content (AvgIpc) is 3.10. The molecule has 0 atom stereocenters. The first kappa shape index (κ1) is 18.3. The summed E-state index contributed by atoms with van der Waals surface area (Å²) < 4.78 is 18.3. The molecule has 1 amide bonds. The van der Waals surface area contributed by atoms with Gasteiger partial charge in [-0.15, -0.1) is 0 Å². The number of hydrazone groups is 1. The topological polar surface area (TPSA) is 97.7 Å². The van der Waals surface area contributed by atoms with Crippen LogP contribution in [0.1, 0.15) is 16.1 Å². The molecule has 9 heteroatoms. The molecule has 0 spiro atoms. The van der Waals surface area contributed by atoms with Crippen LogP contribution < -0.4 is 5.43 Å². The van der Waals surface area contributed by atoms with Gasteiger partial charge >= 0.3 is 0 Å². The van der Waals surface area contributed by atoms with Crippen LogP contribution in [0.3, 0.4) is 0 Å². The Labute approximate surface area is 157 Å². The number of nitro benzene ring substituents is 1. The maximum Gasteiger partial charge on any atom is 0.281 e. The van der Waals surface area contributed by atoms with Crippen LogP contribution in [0.2, 0.25) is 5.02 Å². The number of nitrogens with one attached hydrogen (secondary N) is 1. The lowest BCUT2D eigenvalue weighted by molar-refractivity contribution is -0.384. The van der Waals surface area contributed by atoms with Crippen LogP contribution in [0, 0.1) is 15.9 Å². The predicted molar refractivity (Wildman–Crippen MR) is 97.3 cm³/mol. The number of halogens is 2. The van der Waals surface area contributed by atoms with Crippen molar-refractivity contribution >= 4 is 29.4 Å². The van der Waals surface area contributed by atoms with Gasteiger partial charge < -0.3 is 4.42 Å². The summed E-state index contributed by atoms with van der Waals surface area (Å²) in [5, 5.41) is 15.2. The number of benzene rings is 2. The third kappa shape index (κ3) is 4.36. The smallest absolute Gasteiger partial charge is 0.281 e. The summed E-state index contributed by atoms with van der Waals surface area (Å²) in [5.74, 6) is -0.445. The number of amides is 1. The molecule has 1 heterocycles. The fourth-order valence-corrected chi connectivity index (χ4v) is 2.42. The Balaban J connectivity index is 1.73. The number of nitrogens with zero attached hydrogens (tertiary/aromatic N) is 2. The first-order valence-electron chi connectivity index (χ1n) is 7.57. The van der Waals surface area contributed by atoms with Crippen molar-refractivity contribution in [2.45, 2.75) is 0 Å². The summed E-state index contributed by atoms with van der Waals surface area (Å²) in [6, 6.07) is 12.3. The van der Waals surface area contributed by atoms with E-state index in [1.54, 1.807) is 12.1 Å². The zero-order valence-electron chi connectivity index (χ0n) is 13.6. The molecule has 27 heavy (non-hydrogen) atoms. The zero-order valence-corrected chi connectivity index (χ0v) is 14.3. The van der Waals surface area contributed by atoms with Gasteiger partial charge in [0.1, 0.15) is 17.3 Å². The lowest BCUT2D eigenvalue weighted by Gasteiger charge is -2.00. The van der Waals surface area contributed by atoms with Crippen LogP contribution in [0.25, 0.3) is 11.3 Å². The summed E-state index contributed by atoms with van der Waals surface area (Å²) >= 11 is 5.79. The number of carbonyl (C=O) groups excluding carboxylic acids is 1. The van der Waals surface area contributed by atoms with Crippen LogP contribution in [-0.2, 0) is 0 Å². The highest BCUT2D eigenvalue weighted by Crippen LogP contribution is 2.33. The second-order valence-corrected chi connectivity index (χ2v) is 5.76. The third-order valence-corrected chi connectivity index (χ3v) is 3.75. The number of rotatable bonds is 5. The molecule has 1 aromatic heterocycles. The summed E-state index contributed by atoms with van der Waals surface area (Å²) in [6.45, 7) is 0. The summed E-state index contributed by atoms with van der Waals surface area (Å²) in [4.78, 5) is 22.5. The molecule has 0 aliphatic rings. The van der Waals surface area contributed by atoms with E-state index >= 15 is 0 Å². The minimum Gasteiger partial charge on any atom is -0.455 e. The van der Waals surface area contributed by atoms with Crippen LogP contribution in [0.4, 0.5) is 10.1 Å². The molecule has 0 unspecified atom stereocenters. The van der Waals surface area contributed by atoms with E-state index in [0.29, 0.717) is 0 Å². The standard InChI is InChI=1S/C18H11ClFN3O4/c19-12-3-7-15(16(9-12)23(25)26)17-8-6-14(27-17)10-21-22-18(24)11-1-4-13(20)5-2-11/h1-10H,(H,22,24)/b21-10-. The number of furan rings is 1. The predicted octanol–water partition coefficient (Wildman–Crippen LogP) is 4.41. The van der Waals surface area contributed by atoms with E-state index < -0.39 is 16.6 Å². The molecule has 0 aliphatic heterocycles. The van der Waals surface area contributed by atoms with Gasteiger partial charge in [0.05, 0.1) is 16.7 Å². The molecule has 1 N–H and O–H groups in total. The fourth-order valence-electron chi connectivity index (χ4n) is 2.25. The minimum absolute atomic E-state index is 0.190. The molecular weight excluding hydrogens is 377 g/mol. The van der Waals surface area contributed by atoms with Gasteiger partial charge in [-0.25, -0.2) is 9.82 Å². The van der Waals surface area contributed by atoms with Gasteiger partial charge in [0, 0.05) is 16.7 Å². The van der Waals surface area contributed by atoms with Crippen LogP contribution >= 0.6 is 11.6 Å².